The minimum atomic E-state index is -3.02. The summed E-state index contributed by atoms with van der Waals surface area (Å²) in [4.78, 5) is 2.07. The Bertz CT molecular complexity index is 295. The van der Waals surface area contributed by atoms with Gasteiger partial charge in [0.2, 0.25) is 0 Å². The summed E-state index contributed by atoms with van der Waals surface area (Å²) in [6, 6.07) is -0.280. The second-order valence-electron chi connectivity index (χ2n) is 4.36. The average molecular weight is 272 g/mol. The molecule has 98 valence electrons. The first-order valence-corrected chi connectivity index (χ1v) is 6.99. The van der Waals surface area contributed by atoms with E-state index in [1.54, 1.807) is 0 Å². The highest BCUT2D eigenvalue weighted by atomic mass is 35.5. The summed E-state index contributed by atoms with van der Waals surface area (Å²) in [5, 5.41) is 12.6. The topological polar surface area (TPSA) is 69.6 Å². The summed E-state index contributed by atoms with van der Waals surface area (Å²) in [6.07, 6.45) is 0.213. The van der Waals surface area contributed by atoms with Gasteiger partial charge in [-0.05, 0) is 33.6 Å². The van der Waals surface area contributed by atoms with Gasteiger partial charge < -0.3 is 27.7 Å². The molecule has 1 heterocycles. The third-order valence-corrected chi connectivity index (χ3v) is 4.23. The van der Waals surface area contributed by atoms with Crippen molar-refractivity contribution < 1.29 is 25.9 Å². The molecule has 2 atom stereocenters. The number of aliphatic hydroxyl groups excluding tert-OH is 1. The van der Waals surface area contributed by atoms with Crippen molar-refractivity contribution in [1.82, 2.24) is 10.2 Å². The van der Waals surface area contributed by atoms with Gasteiger partial charge in [-0.25, -0.2) is 8.42 Å². The lowest BCUT2D eigenvalue weighted by molar-refractivity contribution is -0.00000765. The molecule has 1 aliphatic heterocycles. The molecule has 1 fully saturated rings. The number of sulfone groups is 1. The third-order valence-electron chi connectivity index (χ3n) is 2.51. The maximum atomic E-state index is 11.2. The Morgan fingerprint density at radius 2 is 2.00 bits per heavy atom. The first-order valence-electron chi connectivity index (χ1n) is 5.17. The smallest absolute Gasteiger partial charge is 0.154 e. The number of halogens is 1. The lowest BCUT2D eigenvalue weighted by Crippen LogP contribution is -3.00. The molecule has 7 heteroatoms. The van der Waals surface area contributed by atoms with Crippen LogP contribution in [0.1, 0.15) is 6.42 Å². The Kier molecular flexibility index (Phi) is 6.81. The van der Waals surface area contributed by atoms with Crippen LogP contribution in [0, 0.1) is 0 Å². The summed E-state index contributed by atoms with van der Waals surface area (Å²) in [5.41, 5.74) is 0. The van der Waals surface area contributed by atoms with Crippen LogP contribution in [0.25, 0.3) is 0 Å². The molecule has 0 bridgehead atoms. The fraction of sp³-hybridized carbons (Fsp3) is 1.00. The first-order chi connectivity index (χ1) is 6.91. The molecule has 0 aromatic rings. The molecule has 0 radical (unpaired) electrons. The number of rotatable bonds is 5. The molecular formula is C9H20ClN2O3S-. The highest BCUT2D eigenvalue weighted by Gasteiger charge is 2.35. The van der Waals surface area contributed by atoms with Crippen molar-refractivity contribution in [2.45, 2.75) is 18.6 Å². The van der Waals surface area contributed by atoms with Crippen molar-refractivity contribution >= 4 is 9.84 Å². The number of nitrogens with zero attached hydrogens (tertiary/aromatic N) is 1. The molecule has 0 aromatic carbocycles. The number of hydrogen-bond donors (Lipinski definition) is 2. The van der Waals surface area contributed by atoms with Crippen LogP contribution in [0.4, 0.5) is 0 Å². The van der Waals surface area contributed by atoms with Crippen molar-refractivity contribution in [2.24, 2.45) is 0 Å². The van der Waals surface area contributed by atoms with E-state index in [1.807, 2.05) is 14.1 Å². The van der Waals surface area contributed by atoms with Gasteiger partial charge in [0.15, 0.2) is 9.84 Å². The highest BCUT2D eigenvalue weighted by molar-refractivity contribution is 7.91. The minimum Gasteiger partial charge on any atom is -1.00 e. The van der Waals surface area contributed by atoms with E-state index in [-0.39, 0.29) is 30.0 Å². The zero-order valence-electron chi connectivity index (χ0n) is 9.69. The largest absolute Gasteiger partial charge is 1.00 e. The quantitative estimate of drug-likeness (QED) is 0.495. The van der Waals surface area contributed by atoms with Gasteiger partial charge in [-0.3, -0.25) is 0 Å². The van der Waals surface area contributed by atoms with Crippen LogP contribution in [-0.2, 0) is 9.84 Å². The van der Waals surface area contributed by atoms with Gasteiger partial charge in [0.05, 0.1) is 17.6 Å². The molecule has 2 unspecified atom stereocenters. The molecule has 2 N–H and O–H groups in total. The van der Waals surface area contributed by atoms with E-state index >= 15 is 0 Å². The first kappa shape index (κ1) is 16.1. The van der Waals surface area contributed by atoms with Gasteiger partial charge in [-0.15, -0.1) is 0 Å². The fourth-order valence-electron chi connectivity index (χ4n) is 1.71. The van der Waals surface area contributed by atoms with E-state index in [4.69, 9.17) is 0 Å². The van der Waals surface area contributed by atoms with Crippen LogP contribution in [0.2, 0.25) is 0 Å². The maximum Gasteiger partial charge on any atom is 0.154 e. The highest BCUT2D eigenvalue weighted by Crippen LogP contribution is 2.12. The SMILES string of the molecule is CN(C)CCCNC1CS(=O)(=O)CC1O.[Cl-]. The van der Waals surface area contributed by atoms with Crippen LogP contribution in [-0.4, -0.2) is 69.3 Å². The lowest BCUT2D eigenvalue weighted by Gasteiger charge is -2.15. The van der Waals surface area contributed by atoms with Crippen molar-refractivity contribution in [3.63, 3.8) is 0 Å². The van der Waals surface area contributed by atoms with Crippen LogP contribution in [0.15, 0.2) is 0 Å². The second kappa shape index (κ2) is 6.76. The Morgan fingerprint density at radius 3 is 2.44 bits per heavy atom. The maximum absolute atomic E-state index is 11.2. The Hall–Kier alpha value is 0.120. The average Bonchev–Trinajstić information content (AvgIpc) is 2.33. The molecule has 1 aliphatic rings. The Balaban J connectivity index is 0.00000225. The standard InChI is InChI=1S/C9H20N2O3S.ClH/c1-11(2)5-3-4-10-8-6-15(13,14)7-9(8)12;/h8-10,12H,3-7H2,1-2H3;1H/p-1. The zero-order chi connectivity index (χ0) is 11.5. The number of nitrogens with one attached hydrogen (secondary N) is 1. The predicted molar refractivity (Wildman–Crippen MR) is 59.6 cm³/mol. The van der Waals surface area contributed by atoms with Gasteiger partial charge in [0.1, 0.15) is 0 Å². The molecule has 0 saturated carbocycles. The molecule has 0 amide bonds. The molecule has 0 aromatic heterocycles. The number of aliphatic hydroxyl groups is 1. The molecular weight excluding hydrogens is 252 g/mol. The summed E-state index contributed by atoms with van der Waals surface area (Å²) in [5.74, 6) is -0.0333. The van der Waals surface area contributed by atoms with E-state index in [0.29, 0.717) is 0 Å². The Labute approximate surface area is 104 Å². The predicted octanol–water partition coefficient (Wildman–Crippen LogP) is -4.31. The van der Waals surface area contributed by atoms with E-state index in [0.717, 1.165) is 19.5 Å². The molecule has 5 nitrogen and oxygen atoms in total. The van der Waals surface area contributed by atoms with Gasteiger partial charge >= 0.3 is 0 Å². The van der Waals surface area contributed by atoms with Crippen molar-refractivity contribution in [3.05, 3.63) is 0 Å². The van der Waals surface area contributed by atoms with Crippen LogP contribution < -0.4 is 17.7 Å². The third kappa shape index (κ3) is 5.45. The van der Waals surface area contributed by atoms with Crippen LogP contribution in [0.5, 0.6) is 0 Å². The normalized spacial score (nSPS) is 28.0. The molecule has 16 heavy (non-hydrogen) atoms. The summed E-state index contributed by atoms with van der Waals surface area (Å²) >= 11 is 0. The molecule has 1 saturated heterocycles. The molecule has 1 rings (SSSR count). The number of hydrogen-bond acceptors (Lipinski definition) is 5. The molecule has 0 aliphatic carbocycles. The van der Waals surface area contributed by atoms with E-state index in [2.05, 4.69) is 10.2 Å². The van der Waals surface area contributed by atoms with E-state index in [9.17, 15) is 13.5 Å². The lowest BCUT2D eigenvalue weighted by atomic mass is 10.2. The van der Waals surface area contributed by atoms with Crippen molar-refractivity contribution in [1.29, 1.82) is 0 Å². The van der Waals surface area contributed by atoms with Gasteiger partial charge in [0, 0.05) is 6.04 Å². The summed E-state index contributed by atoms with van der Waals surface area (Å²) in [7, 11) is 0.969. The van der Waals surface area contributed by atoms with E-state index < -0.39 is 15.9 Å². The Morgan fingerprint density at radius 1 is 1.38 bits per heavy atom. The second-order valence-corrected chi connectivity index (χ2v) is 6.52. The van der Waals surface area contributed by atoms with Gasteiger partial charge in [-0.2, -0.15) is 0 Å². The zero-order valence-corrected chi connectivity index (χ0v) is 11.3. The summed E-state index contributed by atoms with van der Waals surface area (Å²) < 4.78 is 22.4. The van der Waals surface area contributed by atoms with Crippen LogP contribution >= 0.6 is 0 Å². The van der Waals surface area contributed by atoms with Crippen LogP contribution in [0.3, 0.4) is 0 Å². The van der Waals surface area contributed by atoms with Crippen molar-refractivity contribution in [2.75, 3.05) is 38.7 Å². The fourth-order valence-corrected chi connectivity index (χ4v) is 3.48. The summed E-state index contributed by atoms with van der Waals surface area (Å²) in [6.45, 7) is 1.71. The minimum absolute atomic E-state index is 0. The van der Waals surface area contributed by atoms with Gasteiger partial charge in [-0.1, -0.05) is 0 Å². The molecule has 0 spiro atoms. The van der Waals surface area contributed by atoms with Gasteiger partial charge in [0.25, 0.3) is 0 Å². The van der Waals surface area contributed by atoms with E-state index in [1.165, 1.54) is 0 Å². The monoisotopic (exact) mass is 271 g/mol. The van der Waals surface area contributed by atoms with Crippen molar-refractivity contribution in [3.8, 4) is 0 Å².